The molecule has 0 aliphatic carbocycles. The Morgan fingerprint density at radius 2 is 1.80 bits per heavy atom. The number of hydroxylamine groups is 4. The van der Waals surface area contributed by atoms with Crippen LogP contribution >= 0.6 is 0 Å². The number of nitrogens with one attached hydrogen (secondary N) is 1. The second kappa shape index (κ2) is 13.6. The van der Waals surface area contributed by atoms with E-state index < -0.39 is 59.1 Å². The van der Waals surface area contributed by atoms with E-state index in [1.54, 1.807) is 42.9 Å². The highest BCUT2D eigenvalue weighted by atomic mass is 19.4. The lowest BCUT2D eigenvalue weighted by molar-refractivity contribution is -1.03. The van der Waals surface area contributed by atoms with Gasteiger partial charge in [-0.2, -0.15) is 13.2 Å². The van der Waals surface area contributed by atoms with Crippen LogP contribution < -0.4 is 10.2 Å². The van der Waals surface area contributed by atoms with Gasteiger partial charge in [-0.15, -0.1) is 0 Å². The molecule has 0 radical (unpaired) electrons. The van der Waals surface area contributed by atoms with Crippen LogP contribution in [0, 0.1) is 5.92 Å². The lowest BCUT2D eigenvalue weighted by atomic mass is 9.80. The predicted molar refractivity (Wildman–Crippen MR) is 168 cm³/mol. The molecule has 4 aromatic rings. The molecule has 50 heavy (non-hydrogen) atoms. The van der Waals surface area contributed by atoms with Crippen LogP contribution in [0.15, 0.2) is 83.6 Å². The average molecular weight is 696 g/mol. The van der Waals surface area contributed by atoms with Crippen LogP contribution in [0.25, 0.3) is 10.9 Å². The van der Waals surface area contributed by atoms with Crippen molar-refractivity contribution in [1.82, 2.24) is 15.4 Å². The van der Waals surface area contributed by atoms with Crippen molar-refractivity contribution in [2.45, 2.75) is 50.4 Å². The van der Waals surface area contributed by atoms with Crippen LogP contribution in [0.2, 0.25) is 0 Å². The van der Waals surface area contributed by atoms with E-state index in [9.17, 15) is 37.6 Å². The number of amides is 3. The Balaban J connectivity index is 1.17. The Labute approximate surface area is 283 Å². The smallest absolute Gasteiger partial charge is 0.489 e. The highest BCUT2D eigenvalue weighted by Gasteiger charge is 2.56. The zero-order valence-corrected chi connectivity index (χ0v) is 26.9. The first-order valence-electron chi connectivity index (χ1n) is 15.9. The number of fused-ring (bicyclic) bond motifs is 1. The molecule has 2 aromatic heterocycles. The van der Waals surface area contributed by atoms with Crippen molar-refractivity contribution in [3.05, 3.63) is 96.1 Å². The van der Waals surface area contributed by atoms with Gasteiger partial charge in [-0.25, -0.2) is 15.1 Å². The molecule has 12 nitrogen and oxygen atoms in total. The van der Waals surface area contributed by atoms with Gasteiger partial charge >= 0.3 is 18.1 Å². The minimum Gasteiger partial charge on any atom is -0.489 e. The largest absolute Gasteiger partial charge is 0.497 e. The van der Waals surface area contributed by atoms with E-state index in [4.69, 9.17) is 14.0 Å². The van der Waals surface area contributed by atoms with Crippen molar-refractivity contribution in [3.8, 4) is 5.75 Å². The number of hydrogen-bond acceptors (Lipinski definition) is 9. The highest BCUT2D eigenvalue weighted by molar-refractivity contribution is 5.94. The number of pyridine rings is 1. The zero-order valence-electron chi connectivity index (χ0n) is 26.9. The molecule has 0 saturated carbocycles. The molecule has 0 spiro atoms. The fourth-order valence-electron chi connectivity index (χ4n) is 6.91. The number of aromatic nitrogens is 1. The van der Waals surface area contributed by atoms with Crippen LogP contribution in [0.3, 0.4) is 0 Å². The lowest BCUT2D eigenvalue weighted by Crippen LogP contribution is -2.62. The summed E-state index contributed by atoms with van der Waals surface area (Å²) in [6.07, 6.45) is -2.36. The minimum atomic E-state index is -5.36. The maximum atomic E-state index is 14.1. The molecule has 2 aromatic carbocycles. The maximum Gasteiger partial charge on any atom is 0.497 e. The standard InChI is InChI=1S/C35H33F3N4O8/c1-34(24-8-10-25(11-9-24)49-21-23-12-16-39-27-6-3-2-5-26(23)27)15-17-41(32(34)45)29(30(43)40-47)22-13-18-42(19-14-22,50-33(46)35(36,37)38)31(44)28-7-4-20-48-28/h2-12,16,20,22,29H,13-15,17-19,21H2,1H3,(H-,40,43,47)/p+1. The molecule has 2 unspecified atom stereocenters. The molecule has 2 saturated heterocycles. The summed E-state index contributed by atoms with van der Waals surface area (Å²) in [5.74, 6) is -5.25. The average Bonchev–Trinajstić information content (AvgIpc) is 3.76. The molecule has 2 aliphatic heterocycles. The maximum absolute atomic E-state index is 14.1. The molecule has 15 heteroatoms. The Morgan fingerprint density at radius 3 is 2.46 bits per heavy atom. The second-order valence-corrected chi connectivity index (χ2v) is 12.6. The van der Waals surface area contributed by atoms with Crippen molar-refractivity contribution in [2.75, 3.05) is 19.6 Å². The molecule has 2 aliphatic rings. The molecule has 4 heterocycles. The van der Waals surface area contributed by atoms with E-state index in [2.05, 4.69) is 4.98 Å². The molecule has 2 N–H and O–H groups in total. The third kappa shape index (κ3) is 6.53. The molecule has 2 fully saturated rings. The van der Waals surface area contributed by atoms with Gasteiger partial charge in [-0.1, -0.05) is 35.0 Å². The second-order valence-electron chi connectivity index (χ2n) is 12.6. The van der Waals surface area contributed by atoms with Crippen molar-refractivity contribution in [1.29, 1.82) is 0 Å². The van der Waals surface area contributed by atoms with Crippen LogP contribution in [0.1, 0.15) is 47.9 Å². The summed E-state index contributed by atoms with van der Waals surface area (Å²) in [7, 11) is 0. The third-order valence-corrected chi connectivity index (χ3v) is 9.69. The van der Waals surface area contributed by atoms with Gasteiger partial charge in [0.2, 0.25) is 11.7 Å². The Hall–Kier alpha value is -5.28. The number of carbonyl (C=O) groups is 4. The van der Waals surface area contributed by atoms with E-state index in [-0.39, 0.29) is 31.1 Å². The number of halogens is 3. The normalized spacial score (nSPS) is 23.0. The number of carbonyl (C=O) groups excluding carboxylic acids is 4. The van der Waals surface area contributed by atoms with Gasteiger partial charge in [0.25, 0.3) is 5.91 Å². The van der Waals surface area contributed by atoms with E-state index in [1.165, 1.54) is 17.0 Å². The van der Waals surface area contributed by atoms with E-state index in [0.717, 1.165) is 22.7 Å². The molecule has 262 valence electrons. The van der Waals surface area contributed by atoms with E-state index >= 15 is 0 Å². The summed E-state index contributed by atoms with van der Waals surface area (Å²) < 4.78 is 49.5. The topological polar surface area (TPSA) is 148 Å². The number of hydrogen-bond donors (Lipinski definition) is 2. The number of rotatable bonds is 8. The number of ether oxygens (including phenoxy) is 1. The minimum absolute atomic E-state index is 0.102. The Morgan fingerprint density at radius 1 is 1.08 bits per heavy atom. The first-order valence-corrected chi connectivity index (χ1v) is 15.9. The molecule has 2 atom stereocenters. The number of furan rings is 1. The summed E-state index contributed by atoms with van der Waals surface area (Å²) in [6.45, 7) is 1.33. The number of alkyl halides is 3. The summed E-state index contributed by atoms with van der Waals surface area (Å²) >= 11 is 0. The zero-order chi connectivity index (χ0) is 35.7. The number of para-hydroxylation sites is 1. The highest BCUT2D eigenvalue weighted by Crippen LogP contribution is 2.40. The monoisotopic (exact) mass is 695 g/mol. The number of likely N-dealkylation sites (tertiary alicyclic amines) is 2. The fourth-order valence-corrected chi connectivity index (χ4v) is 6.91. The first kappa shape index (κ1) is 34.6. The van der Waals surface area contributed by atoms with Gasteiger partial charge < -0.3 is 14.1 Å². The molecule has 0 bridgehead atoms. The van der Waals surface area contributed by atoms with Gasteiger partial charge in [-0.3, -0.25) is 24.6 Å². The molecule has 6 rings (SSSR count). The Bertz CT molecular complexity index is 1890. The Kier molecular flexibility index (Phi) is 9.37. The van der Waals surface area contributed by atoms with Crippen molar-refractivity contribution in [3.63, 3.8) is 0 Å². The summed E-state index contributed by atoms with van der Waals surface area (Å²) in [5.41, 5.74) is 3.07. The lowest BCUT2D eigenvalue weighted by Gasteiger charge is -2.41. The van der Waals surface area contributed by atoms with Gasteiger partial charge in [-0.05, 0) is 61.2 Å². The number of quaternary nitrogens is 1. The molecule has 3 amide bonds. The number of piperidine rings is 1. The van der Waals surface area contributed by atoms with Crippen LogP contribution in [-0.2, 0) is 31.2 Å². The summed E-state index contributed by atoms with van der Waals surface area (Å²) in [5, 5.41) is 10.6. The van der Waals surface area contributed by atoms with Crippen LogP contribution in [-0.4, -0.2) is 75.3 Å². The van der Waals surface area contributed by atoms with Gasteiger partial charge in [0.05, 0.1) is 17.2 Å². The molecular weight excluding hydrogens is 661 g/mol. The van der Waals surface area contributed by atoms with E-state index in [0.29, 0.717) is 24.3 Å². The third-order valence-electron chi connectivity index (χ3n) is 9.69. The van der Waals surface area contributed by atoms with E-state index in [1.807, 2.05) is 30.3 Å². The van der Waals surface area contributed by atoms with Crippen LogP contribution in [0.5, 0.6) is 5.75 Å². The predicted octanol–water partition coefficient (Wildman–Crippen LogP) is 4.86. The summed E-state index contributed by atoms with van der Waals surface area (Å²) in [4.78, 5) is 62.9. The van der Waals surface area contributed by atoms with Crippen molar-refractivity contribution in [2.24, 2.45) is 5.92 Å². The number of benzene rings is 2. The summed E-state index contributed by atoms with van der Waals surface area (Å²) in [6, 6.07) is 18.1. The molecular formula is C35H34F3N4O8+. The van der Waals surface area contributed by atoms with Gasteiger partial charge in [0, 0.05) is 36.5 Å². The van der Waals surface area contributed by atoms with Crippen LogP contribution in [0.4, 0.5) is 13.2 Å². The van der Waals surface area contributed by atoms with Crippen molar-refractivity contribution < 1.29 is 56.2 Å². The van der Waals surface area contributed by atoms with Crippen molar-refractivity contribution >= 4 is 34.6 Å². The van der Waals surface area contributed by atoms with Gasteiger partial charge in [0.15, 0.2) is 0 Å². The fraction of sp³-hybridized carbons (Fsp3) is 0.343. The quantitative estimate of drug-likeness (QED) is 0.150. The number of nitrogens with zero attached hydrogens (tertiary/aromatic N) is 3. The first-order chi connectivity index (χ1) is 23.9. The van der Waals surface area contributed by atoms with Gasteiger partial charge in [0.1, 0.15) is 31.5 Å². The SMILES string of the molecule is CC1(c2ccc(OCc3ccnc4ccccc34)cc2)CCN(C(C(=O)NO)C2CC[N+](OC(=O)C(F)(F)F)(C(=O)c3ccco3)CC2)C1=O.